The van der Waals surface area contributed by atoms with Crippen LogP contribution in [0.4, 0.5) is 0 Å². The molecule has 2 fully saturated rings. The summed E-state index contributed by atoms with van der Waals surface area (Å²) in [4.78, 5) is 24.1. The van der Waals surface area contributed by atoms with Crippen LogP contribution in [0.1, 0.15) is 32.1 Å². The van der Waals surface area contributed by atoms with Gasteiger partial charge < -0.3 is 4.90 Å². The number of alkyl halides is 2. The second-order valence-corrected chi connectivity index (χ2v) is 5.86. The van der Waals surface area contributed by atoms with Crippen molar-refractivity contribution in [1.82, 2.24) is 4.90 Å². The Kier molecular flexibility index (Phi) is 3.45. The number of ketones is 1. The van der Waals surface area contributed by atoms with E-state index in [9.17, 15) is 9.59 Å². The summed E-state index contributed by atoms with van der Waals surface area (Å²) in [5.41, 5.74) is -0.281. The molecule has 1 saturated carbocycles. The van der Waals surface area contributed by atoms with Gasteiger partial charge in [0.1, 0.15) is 0 Å². The number of amides is 1. The monoisotopic (exact) mass is 263 g/mol. The second kappa shape index (κ2) is 4.53. The van der Waals surface area contributed by atoms with Gasteiger partial charge in [-0.15, -0.1) is 0 Å². The molecular weight excluding hydrogens is 249 g/mol. The predicted octanol–water partition coefficient (Wildman–Crippen LogP) is 2.15. The molecule has 0 aromatic carbocycles. The van der Waals surface area contributed by atoms with E-state index in [4.69, 9.17) is 23.2 Å². The van der Waals surface area contributed by atoms with Gasteiger partial charge in [0.15, 0.2) is 10.6 Å². The number of nitrogens with zero attached hydrogens (tertiary/aromatic N) is 1. The molecule has 0 bridgehead atoms. The number of rotatable bonds is 1. The Bertz CT molecular complexity index is 311. The van der Waals surface area contributed by atoms with E-state index >= 15 is 0 Å². The number of hydrogen-bond donors (Lipinski definition) is 0. The summed E-state index contributed by atoms with van der Waals surface area (Å²) in [6.07, 6.45) is 5.17. The highest BCUT2D eigenvalue weighted by molar-refractivity contribution is 6.53. The van der Waals surface area contributed by atoms with Gasteiger partial charge in [0.25, 0.3) is 5.91 Å². The van der Waals surface area contributed by atoms with Crippen molar-refractivity contribution in [2.75, 3.05) is 13.1 Å². The summed E-state index contributed by atoms with van der Waals surface area (Å²) in [6.45, 7) is 0.704. The van der Waals surface area contributed by atoms with Crippen molar-refractivity contribution in [3.05, 3.63) is 0 Å². The first-order chi connectivity index (χ1) is 7.55. The fourth-order valence-corrected chi connectivity index (χ4v) is 3.09. The van der Waals surface area contributed by atoms with E-state index in [0.29, 0.717) is 6.54 Å². The highest BCUT2D eigenvalue weighted by Crippen LogP contribution is 2.41. The number of carbonyl (C=O) groups excluding carboxylic acids is 2. The zero-order chi connectivity index (χ0) is 11.8. The summed E-state index contributed by atoms with van der Waals surface area (Å²) in [5, 5.41) is 0. The third-order valence-corrected chi connectivity index (χ3v) is 4.10. The topological polar surface area (TPSA) is 37.4 Å². The van der Waals surface area contributed by atoms with E-state index in [1.165, 1.54) is 11.3 Å². The fraction of sp³-hybridized carbons (Fsp3) is 0.818. The van der Waals surface area contributed by atoms with Crippen LogP contribution in [0.3, 0.4) is 0 Å². The van der Waals surface area contributed by atoms with E-state index in [1.807, 2.05) is 0 Å². The summed E-state index contributed by atoms with van der Waals surface area (Å²) in [6, 6.07) is 0. The molecule has 3 nitrogen and oxygen atoms in total. The molecule has 1 aliphatic heterocycles. The standard InChI is InChI=1S/C11H15Cl2NO2/c12-9(13)10(16)14-6-8(15)11(7-14)4-2-1-3-5-11/h9H,1-7H2. The van der Waals surface area contributed by atoms with Crippen molar-refractivity contribution in [3.8, 4) is 0 Å². The largest absolute Gasteiger partial charge is 0.332 e. The molecule has 0 N–H and O–H groups in total. The molecule has 90 valence electrons. The first-order valence-electron chi connectivity index (χ1n) is 5.65. The van der Waals surface area contributed by atoms with Crippen LogP contribution < -0.4 is 0 Å². The van der Waals surface area contributed by atoms with Crippen LogP contribution in [0.25, 0.3) is 0 Å². The fourth-order valence-electron chi connectivity index (χ4n) is 2.81. The Morgan fingerprint density at radius 1 is 1.25 bits per heavy atom. The molecule has 0 atom stereocenters. The first kappa shape index (κ1) is 12.2. The zero-order valence-corrected chi connectivity index (χ0v) is 10.6. The van der Waals surface area contributed by atoms with Gasteiger partial charge in [-0.25, -0.2) is 0 Å². The Morgan fingerprint density at radius 2 is 1.88 bits per heavy atom. The first-order valence-corrected chi connectivity index (χ1v) is 6.53. The molecule has 1 spiro atoms. The van der Waals surface area contributed by atoms with Gasteiger partial charge in [-0.05, 0) is 12.8 Å². The van der Waals surface area contributed by atoms with Gasteiger partial charge in [-0.1, -0.05) is 42.5 Å². The van der Waals surface area contributed by atoms with Crippen molar-refractivity contribution >= 4 is 34.9 Å². The maximum Gasteiger partial charge on any atom is 0.256 e. The van der Waals surface area contributed by atoms with Gasteiger partial charge in [0.05, 0.1) is 6.54 Å². The number of likely N-dealkylation sites (tertiary alicyclic amines) is 1. The van der Waals surface area contributed by atoms with Crippen molar-refractivity contribution < 1.29 is 9.59 Å². The van der Waals surface area contributed by atoms with E-state index < -0.39 is 4.84 Å². The molecule has 1 aliphatic carbocycles. The maximum absolute atomic E-state index is 12.0. The minimum Gasteiger partial charge on any atom is -0.332 e. The average molecular weight is 264 g/mol. The van der Waals surface area contributed by atoms with Crippen LogP contribution in [0.15, 0.2) is 0 Å². The minimum atomic E-state index is -1.05. The van der Waals surface area contributed by atoms with Crippen molar-refractivity contribution in [1.29, 1.82) is 0 Å². The Balaban J connectivity index is 2.09. The molecule has 0 radical (unpaired) electrons. The molecule has 2 rings (SSSR count). The lowest BCUT2D eigenvalue weighted by Crippen LogP contribution is -2.36. The van der Waals surface area contributed by atoms with Gasteiger partial charge in [-0.2, -0.15) is 0 Å². The third-order valence-electron chi connectivity index (χ3n) is 3.73. The van der Waals surface area contributed by atoms with Crippen molar-refractivity contribution in [2.24, 2.45) is 5.41 Å². The van der Waals surface area contributed by atoms with Crippen molar-refractivity contribution in [3.63, 3.8) is 0 Å². The van der Waals surface area contributed by atoms with E-state index in [0.717, 1.165) is 25.7 Å². The number of hydrogen-bond acceptors (Lipinski definition) is 2. The highest BCUT2D eigenvalue weighted by Gasteiger charge is 2.47. The molecular formula is C11H15Cl2NO2. The molecule has 2 aliphatic rings. The smallest absolute Gasteiger partial charge is 0.256 e. The second-order valence-electron chi connectivity index (χ2n) is 4.76. The SMILES string of the molecule is O=C(C(Cl)Cl)N1CC(=O)C2(CCCCC2)C1. The Labute approximate surface area is 105 Å². The Morgan fingerprint density at radius 3 is 2.44 bits per heavy atom. The molecule has 0 aromatic heterocycles. The van der Waals surface area contributed by atoms with Gasteiger partial charge in [0.2, 0.25) is 0 Å². The lowest BCUT2D eigenvalue weighted by Gasteiger charge is -2.31. The van der Waals surface area contributed by atoms with Crippen LogP contribution in [-0.4, -0.2) is 34.5 Å². The summed E-state index contributed by atoms with van der Waals surface area (Å²) in [7, 11) is 0. The van der Waals surface area contributed by atoms with E-state index in [1.54, 1.807) is 0 Å². The summed E-state index contributed by atoms with van der Waals surface area (Å²) >= 11 is 11.1. The van der Waals surface area contributed by atoms with Gasteiger partial charge in [-0.3, -0.25) is 9.59 Å². The molecule has 1 saturated heterocycles. The van der Waals surface area contributed by atoms with E-state index in [2.05, 4.69) is 0 Å². The van der Waals surface area contributed by atoms with E-state index in [-0.39, 0.29) is 23.7 Å². The predicted molar refractivity (Wildman–Crippen MR) is 62.6 cm³/mol. The van der Waals surface area contributed by atoms with Gasteiger partial charge in [0, 0.05) is 12.0 Å². The minimum absolute atomic E-state index is 0.189. The average Bonchev–Trinajstić information content (AvgIpc) is 2.56. The van der Waals surface area contributed by atoms with Crippen LogP contribution in [-0.2, 0) is 9.59 Å². The van der Waals surface area contributed by atoms with Gasteiger partial charge >= 0.3 is 0 Å². The van der Waals surface area contributed by atoms with Crippen LogP contribution in [0.2, 0.25) is 0 Å². The molecule has 0 aromatic rings. The quantitative estimate of drug-likeness (QED) is 0.680. The Hall–Kier alpha value is -0.280. The normalized spacial score (nSPS) is 24.4. The number of Topliss-reactive ketones (excluding diaryl/α,β-unsaturated/α-hetero) is 1. The van der Waals surface area contributed by atoms with Crippen LogP contribution in [0.5, 0.6) is 0 Å². The molecule has 1 amide bonds. The van der Waals surface area contributed by atoms with Crippen LogP contribution >= 0.6 is 23.2 Å². The lowest BCUT2D eigenvalue weighted by atomic mass is 9.73. The molecule has 16 heavy (non-hydrogen) atoms. The zero-order valence-electron chi connectivity index (χ0n) is 9.05. The molecule has 1 heterocycles. The van der Waals surface area contributed by atoms with Crippen molar-refractivity contribution in [2.45, 2.75) is 36.9 Å². The number of halogens is 2. The maximum atomic E-state index is 12.0. The highest BCUT2D eigenvalue weighted by atomic mass is 35.5. The van der Waals surface area contributed by atoms with Crippen LogP contribution in [0, 0.1) is 5.41 Å². The third kappa shape index (κ3) is 2.07. The molecule has 5 heteroatoms. The summed E-state index contributed by atoms with van der Waals surface area (Å²) in [5.74, 6) is -0.145. The number of carbonyl (C=O) groups is 2. The molecule has 0 unspecified atom stereocenters. The summed E-state index contributed by atoms with van der Waals surface area (Å²) < 4.78 is 0. The lowest BCUT2D eigenvalue weighted by molar-refractivity contribution is -0.130.